The Morgan fingerprint density at radius 1 is 0.732 bits per heavy atom. The fourth-order valence-corrected chi connectivity index (χ4v) is 13.9. The third kappa shape index (κ3) is 12.1. The van der Waals surface area contributed by atoms with Crippen LogP contribution in [0, 0.1) is 0 Å². The van der Waals surface area contributed by atoms with Gasteiger partial charge in [0.2, 0.25) is 11.9 Å². The van der Waals surface area contributed by atoms with E-state index in [1.54, 1.807) is 31.3 Å². The SMILES string of the molecule is CNc1ncnc2c1ncn2C1OC(COP(=O)(O)OP(=O)(O)OP(=O)(O)c2ccc(-c3nc4nc(N)[nH]c(=O)c4n3CCOc3ccc(Cl)cc3)cc2)C(OP(=O)(O)OCC2OC(n3cnc4c(=O)[nH]c(N)nc43)C(O)C2O)C1OC. The highest BCUT2D eigenvalue weighted by molar-refractivity contribution is 7.71. The van der Waals surface area contributed by atoms with Gasteiger partial charge in [0, 0.05) is 24.7 Å². The van der Waals surface area contributed by atoms with E-state index in [0.29, 0.717) is 10.8 Å². The van der Waals surface area contributed by atoms with Gasteiger partial charge < -0.3 is 70.1 Å². The van der Waals surface area contributed by atoms with Crippen molar-refractivity contribution >= 4 is 99.2 Å². The van der Waals surface area contributed by atoms with Crippen molar-refractivity contribution in [3.05, 3.63) is 93.2 Å². The van der Waals surface area contributed by atoms with Crippen LogP contribution >= 0.6 is 42.7 Å². The molecule has 0 spiro atoms. The molecule has 0 aliphatic carbocycles. The maximum Gasteiger partial charge on any atom is 0.488 e. The Morgan fingerprint density at radius 2 is 1.38 bits per heavy atom. The molecule has 8 heterocycles. The summed E-state index contributed by atoms with van der Waals surface area (Å²) in [5, 5.41) is 24.5. The van der Waals surface area contributed by atoms with Crippen LogP contribution in [0.25, 0.3) is 44.9 Å². The van der Waals surface area contributed by atoms with Crippen LogP contribution in [0.3, 0.4) is 0 Å². The number of hydrogen-bond acceptors (Lipinski definition) is 27. The minimum absolute atomic E-state index is 0.00334. The summed E-state index contributed by atoms with van der Waals surface area (Å²) in [7, 11) is -20.2. The zero-order chi connectivity index (χ0) is 58.6. The number of phosphoric acid groups is 3. The number of aromatic nitrogens is 12. The molecular weight excluding hydrogens is 1200 g/mol. The number of nitrogen functional groups attached to an aromatic ring is 2. The smallest absolute Gasteiger partial charge is 0.488 e. The molecule has 36 nitrogen and oxygen atoms in total. The highest BCUT2D eigenvalue weighted by atomic mass is 35.5. The van der Waals surface area contributed by atoms with E-state index in [2.05, 4.69) is 58.8 Å². The van der Waals surface area contributed by atoms with Crippen molar-refractivity contribution < 1.29 is 89.2 Å². The lowest BCUT2D eigenvalue weighted by Crippen LogP contribution is -2.38. The third-order valence-corrected chi connectivity index (χ3v) is 18.5. The lowest BCUT2D eigenvalue weighted by Gasteiger charge is -2.26. The molecule has 12 unspecified atom stereocenters. The average molecular weight is 1240 g/mol. The van der Waals surface area contributed by atoms with Crippen molar-refractivity contribution in [1.29, 1.82) is 0 Å². The Bertz CT molecular complexity index is 4020. The highest BCUT2D eigenvalue weighted by Gasteiger charge is 2.53. The van der Waals surface area contributed by atoms with Gasteiger partial charge in [-0.15, -0.1) is 0 Å². The van der Waals surface area contributed by atoms with E-state index < -0.39 is 110 Å². The molecule has 12 atom stereocenters. The first-order valence-electron chi connectivity index (χ1n) is 23.6. The molecule has 2 aliphatic heterocycles. The number of rotatable bonds is 22. The third-order valence-electron chi connectivity index (χ3n) is 12.4. The molecule has 10 rings (SSSR count). The summed E-state index contributed by atoms with van der Waals surface area (Å²) in [6.45, 7) is -2.14. The van der Waals surface area contributed by atoms with Crippen molar-refractivity contribution in [2.75, 3.05) is 50.8 Å². The zero-order valence-corrected chi connectivity index (χ0v) is 46.2. The van der Waals surface area contributed by atoms with Gasteiger partial charge in [-0.1, -0.05) is 23.7 Å². The molecule has 41 heteroatoms. The Labute approximate surface area is 462 Å². The topological polar surface area (TPSA) is 508 Å². The molecule has 2 saturated heterocycles. The van der Waals surface area contributed by atoms with Crippen molar-refractivity contribution in [3.63, 3.8) is 0 Å². The number of phosphoric ester groups is 2. The van der Waals surface area contributed by atoms with E-state index in [9.17, 15) is 57.6 Å². The van der Waals surface area contributed by atoms with E-state index in [1.807, 2.05) is 0 Å². The van der Waals surface area contributed by atoms with Crippen LogP contribution in [0.1, 0.15) is 12.5 Å². The Balaban J connectivity index is 0.833. The van der Waals surface area contributed by atoms with E-state index in [4.69, 9.17) is 55.6 Å². The maximum absolute atomic E-state index is 13.8. The summed E-state index contributed by atoms with van der Waals surface area (Å²) in [6, 6.07) is 11.0. The van der Waals surface area contributed by atoms with Crippen molar-refractivity contribution in [2.24, 2.45) is 0 Å². The van der Waals surface area contributed by atoms with E-state index >= 15 is 0 Å². The van der Waals surface area contributed by atoms with Crippen LogP contribution in [-0.4, -0.2) is 159 Å². The summed E-state index contributed by atoms with van der Waals surface area (Å²) >= 11 is 5.97. The van der Waals surface area contributed by atoms with E-state index in [-0.39, 0.29) is 75.7 Å². The molecule has 2 aliphatic rings. The largest absolute Gasteiger partial charge is 0.492 e. The van der Waals surface area contributed by atoms with Crippen molar-refractivity contribution in [1.82, 2.24) is 58.6 Å². The minimum atomic E-state index is -6.09. The number of ether oxygens (including phenoxy) is 4. The lowest BCUT2D eigenvalue weighted by atomic mass is 10.1. The number of nitrogens with zero attached hydrogens (tertiary/aromatic N) is 10. The number of aliphatic hydroxyl groups excluding tert-OH is 2. The van der Waals surface area contributed by atoms with Crippen molar-refractivity contribution in [3.8, 4) is 17.1 Å². The molecule has 13 N–H and O–H groups in total. The number of aliphatic hydroxyl groups is 2. The second kappa shape index (κ2) is 22.9. The second-order valence-electron chi connectivity index (χ2n) is 17.7. The molecule has 2 fully saturated rings. The number of nitrogens with one attached hydrogen (secondary N) is 3. The minimum Gasteiger partial charge on any atom is -0.492 e. The van der Waals surface area contributed by atoms with Gasteiger partial charge in [0.1, 0.15) is 66.6 Å². The van der Waals surface area contributed by atoms with Crippen molar-refractivity contribution in [2.45, 2.75) is 55.6 Å². The molecule has 0 radical (unpaired) electrons. The molecule has 0 saturated carbocycles. The molecule has 2 aromatic carbocycles. The maximum atomic E-state index is 13.8. The number of methoxy groups -OCH3 is 1. The first kappa shape index (κ1) is 58.7. The summed E-state index contributed by atoms with van der Waals surface area (Å²) in [5.41, 5.74) is 10.2. The number of H-pyrrole nitrogens is 2. The summed E-state index contributed by atoms with van der Waals surface area (Å²) in [6.07, 6.45) is -9.70. The van der Waals surface area contributed by atoms with Gasteiger partial charge >= 0.3 is 31.1 Å². The number of hydrogen-bond donors (Lipinski definition) is 11. The number of halogens is 1. The van der Waals surface area contributed by atoms with Gasteiger partial charge in [0.15, 0.2) is 46.2 Å². The van der Waals surface area contributed by atoms with Gasteiger partial charge in [0.05, 0.1) is 37.7 Å². The molecule has 82 heavy (non-hydrogen) atoms. The Kier molecular flexibility index (Phi) is 16.4. The molecule has 0 amide bonds. The summed E-state index contributed by atoms with van der Waals surface area (Å²) in [5.74, 6) is 0.306. The molecule has 8 aromatic rings. The lowest BCUT2D eigenvalue weighted by molar-refractivity contribution is -0.0581. The number of benzene rings is 2. The number of aromatic amines is 2. The van der Waals surface area contributed by atoms with Crippen LogP contribution in [-0.2, 0) is 61.2 Å². The van der Waals surface area contributed by atoms with Gasteiger partial charge in [0.25, 0.3) is 11.1 Å². The fourth-order valence-electron chi connectivity index (χ4n) is 8.85. The average Bonchev–Trinajstić information content (AvgIpc) is 4.44. The standard InChI is InChI=1S/C41H46ClN15O21P4/c1-45-31-24-34(47-15-46-31)56(16-48-24)39-30(70-2)29(76-80(64,65)72-13-22-27(58)28(59)38(74-22)57-17-49-25-35(57)52-41(44)53-36(25)60)23(75-39)14-73-81(66,67)78-82(68,69)77-79(62,63)21-9-3-18(4-10-21)33-50-32-26(37(61)54-40(43)51-32)55(33)11-12-71-20-7-5-19(42)6-8-20/h3-10,15-17,22-23,27-30,38-39,58-59H,11-14H2,1-2H3,(H,62,63)(H,64,65)(H,66,67)(H,68,69)(H,45,46,47)(H3,43,51,54,61)(H3,44,52,53,60). The zero-order valence-electron chi connectivity index (χ0n) is 41.9. The van der Waals surface area contributed by atoms with Crippen LogP contribution in [0.5, 0.6) is 5.75 Å². The van der Waals surface area contributed by atoms with Gasteiger partial charge in [-0.05, 0) is 36.4 Å². The van der Waals surface area contributed by atoms with Crippen LogP contribution in [0.2, 0.25) is 5.02 Å². The van der Waals surface area contributed by atoms with E-state index in [0.717, 1.165) is 30.1 Å². The Hall–Kier alpha value is -6.46. The molecule has 0 bridgehead atoms. The number of fused-ring (bicyclic) bond motifs is 3. The molecule has 438 valence electrons. The van der Waals surface area contributed by atoms with Gasteiger partial charge in [-0.25, -0.2) is 42.9 Å². The predicted octanol–water partition coefficient (Wildman–Crippen LogP) is 0.793. The fraction of sp³-hybridized carbons (Fsp3) is 0.341. The highest BCUT2D eigenvalue weighted by Crippen LogP contribution is 2.67. The number of anilines is 3. The van der Waals surface area contributed by atoms with Crippen LogP contribution in [0.4, 0.5) is 17.7 Å². The normalized spacial score (nSPS) is 24.1. The first-order chi connectivity index (χ1) is 38.8. The summed E-state index contributed by atoms with van der Waals surface area (Å²) in [4.78, 5) is 103. The van der Waals surface area contributed by atoms with E-state index in [1.165, 1.54) is 33.9 Å². The summed E-state index contributed by atoms with van der Waals surface area (Å²) < 4.78 is 106. The quantitative estimate of drug-likeness (QED) is 0.0418. The second-order valence-corrected chi connectivity index (χ2v) is 24.5. The van der Waals surface area contributed by atoms with Crippen LogP contribution < -0.4 is 37.9 Å². The first-order valence-corrected chi connectivity index (χ1v) is 30.0. The van der Waals surface area contributed by atoms with Crippen LogP contribution in [0.15, 0.2) is 77.1 Å². The van der Waals surface area contributed by atoms with Gasteiger partial charge in [-0.3, -0.25) is 46.8 Å². The molecular formula is C41H46ClN15O21P4. The number of imidazole rings is 3. The molecule has 6 aromatic heterocycles. The monoisotopic (exact) mass is 1240 g/mol. The number of nitrogens with two attached hydrogens (primary N) is 2. The van der Waals surface area contributed by atoms with Gasteiger partial charge in [-0.2, -0.15) is 14.3 Å². The Morgan fingerprint density at radius 3 is 2.09 bits per heavy atom. The predicted molar refractivity (Wildman–Crippen MR) is 281 cm³/mol.